The second-order valence-electron chi connectivity index (χ2n) is 2.63. The molecule has 0 unspecified atom stereocenters. The molecule has 2 N–H and O–H groups in total. The maximum absolute atomic E-state index is 10.7. The molecule has 0 aromatic rings. The van der Waals surface area contributed by atoms with E-state index in [0.29, 0.717) is 0 Å². The number of amides is 1. The molecule has 0 rings (SSSR count). The summed E-state index contributed by atoms with van der Waals surface area (Å²) in [7, 11) is 0. The van der Waals surface area contributed by atoms with Crippen LogP contribution in [0.3, 0.4) is 0 Å². The van der Waals surface area contributed by atoms with Crippen molar-refractivity contribution in [3.8, 4) is 0 Å². The number of carbonyl (C=O) groups is 1. The van der Waals surface area contributed by atoms with Crippen LogP contribution >= 0.6 is 0 Å². The lowest BCUT2D eigenvalue weighted by Gasteiger charge is -1.99. The van der Waals surface area contributed by atoms with Gasteiger partial charge in [0.15, 0.2) is 0 Å². The number of carbonyl (C=O) groups excluding carboxylic acids is 1. The van der Waals surface area contributed by atoms with Crippen LogP contribution in [0.1, 0.15) is 39.5 Å². The van der Waals surface area contributed by atoms with Gasteiger partial charge in [0.1, 0.15) is 0 Å². The van der Waals surface area contributed by atoms with Crippen LogP contribution in [0.25, 0.3) is 0 Å². The predicted molar refractivity (Wildman–Crippen MR) is 47.1 cm³/mol. The Morgan fingerprint density at radius 3 is 2.36 bits per heavy atom. The van der Waals surface area contributed by atoms with Crippen molar-refractivity contribution in [2.75, 3.05) is 0 Å². The first-order valence-corrected chi connectivity index (χ1v) is 4.21. The van der Waals surface area contributed by atoms with E-state index in [1.54, 1.807) is 0 Å². The van der Waals surface area contributed by atoms with Gasteiger partial charge in [0, 0.05) is 5.57 Å². The normalized spacial score (nSPS) is 11.6. The van der Waals surface area contributed by atoms with Crippen LogP contribution in [-0.4, -0.2) is 5.91 Å². The number of hydrogen-bond donors (Lipinski definition) is 1. The van der Waals surface area contributed by atoms with E-state index in [1.807, 2.05) is 13.0 Å². The molecule has 0 aliphatic carbocycles. The molecule has 0 aliphatic heterocycles. The van der Waals surface area contributed by atoms with E-state index in [2.05, 4.69) is 6.92 Å². The molecule has 0 heterocycles. The van der Waals surface area contributed by atoms with Gasteiger partial charge >= 0.3 is 0 Å². The van der Waals surface area contributed by atoms with Gasteiger partial charge in [-0.05, 0) is 12.8 Å². The fourth-order valence-corrected chi connectivity index (χ4v) is 0.914. The molecule has 11 heavy (non-hydrogen) atoms. The smallest absolute Gasteiger partial charge is 0.244 e. The number of rotatable bonds is 5. The molecule has 64 valence electrons. The fourth-order valence-electron chi connectivity index (χ4n) is 0.914. The Morgan fingerprint density at radius 2 is 2.00 bits per heavy atom. The van der Waals surface area contributed by atoms with Gasteiger partial charge in [0.25, 0.3) is 0 Å². The molecule has 0 radical (unpaired) electrons. The van der Waals surface area contributed by atoms with Gasteiger partial charge < -0.3 is 5.73 Å². The highest BCUT2D eigenvalue weighted by atomic mass is 16.1. The van der Waals surface area contributed by atoms with Crippen molar-refractivity contribution >= 4 is 5.91 Å². The fraction of sp³-hybridized carbons (Fsp3) is 0.667. The Balaban J connectivity index is 3.97. The summed E-state index contributed by atoms with van der Waals surface area (Å²) in [6, 6.07) is 0. The van der Waals surface area contributed by atoms with Crippen molar-refractivity contribution in [2.45, 2.75) is 39.5 Å². The molecule has 2 nitrogen and oxygen atoms in total. The van der Waals surface area contributed by atoms with Gasteiger partial charge in [-0.1, -0.05) is 32.8 Å². The first-order valence-electron chi connectivity index (χ1n) is 4.21. The van der Waals surface area contributed by atoms with E-state index >= 15 is 0 Å². The third-order valence-electron chi connectivity index (χ3n) is 1.52. The number of unbranched alkanes of at least 4 members (excludes halogenated alkanes) is 1. The standard InChI is InChI=1S/C9H17NO/c1-3-5-7-8(6-4-2)9(10)11/h7H,3-6H2,1-2H3,(H2,10,11). The Hall–Kier alpha value is -0.790. The third-order valence-corrected chi connectivity index (χ3v) is 1.52. The van der Waals surface area contributed by atoms with Crippen molar-refractivity contribution < 1.29 is 4.79 Å². The van der Waals surface area contributed by atoms with E-state index in [4.69, 9.17) is 5.73 Å². The topological polar surface area (TPSA) is 43.1 Å². The van der Waals surface area contributed by atoms with Gasteiger partial charge in [-0.25, -0.2) is 0 Å². The summed E-state index contributed by atoms with van der Waals surface area (Å²) < 4.78 is 0. The third kappa shape index (κ3) is 4.59. The van der Waals surface area contributed by atoms with Crippen molar-refractivity contribution in [1.29, 1.82) is 0 Å². The Labute approximate surface area is 68.5 Å². The Morgan fingerprint density at radius 1 is 1.36 bits per heavy atom. The van der Waals surface area contributed by atoms with E-state index in [9.17, 15) is 4.79 Å². The zero-order valence-corrected chi connectivity index (χ0v) is 7.39. The van der Waals surface area contributed by atoms with E-state index in [0.717, 1.165) is 31.3 Å². The molecule has 0 saturated carbocycles. The van der Waals surface area contributed by atoms with Crippen molar-refractivity contribution in [1.82, 2.24) is 0 Å². The number of primary amides is 1. The Bertz CT molecular complexity index is 150. The zero-order valence-electron chi connectivity index (χ0n) is 7.39. The summed E-state index contributed by atoms with van der Waals surface area (Å²) in [5, 5.41) is 0. The lowest BCUT2D eigenvalue weighted by atomic mass is 10.1. The Kier molecular flexibility index (Phi) is 5.53. The number of hydrogen-bond acceptors (Lipinski definition) is 1. The first kappa shape index (κ1) is 10.2. The lowest BCUT2D eigenvalue weighted by molar-refractivity contribution is -0.114. The monoisotopic (exact) mass is 155 g/mol. The molecular weight excluding hydrogens is 138 g/mol. The maximum atomic E-state index is 10.7. The van der Waals surface area contributed by atoms with Crippen LogP contribution in [-0.2, 0) is 4.79 Å². The average molecular weight is 155 g/mol. The van der Waals surface area contributed by atoms with Crippen LogP contribution < -0.4 is 5.73 Å². The van der Waals surface area contributed by atoms with Crippen LogP contribution in [0, 0.1) is 0 Å². The average Bonchev–Trinajstić information content (AvgIpc) is 1.97. The highest BCUT2D eigenvalue weighted by molar-refractivity contribution is 5.91. The maximum Gasteiger partial charge on any atom is 0.244 e. The van der Waals surface area contributed by atoms with Gasteiger partial charge in [-0.3, -0.25) is 4.79 Å². The van der Waals surface area contributed by atoms with Gasteiger partial charge in [0.2, 0.25) is 5.91 Å². The zero-order chi connectivity index (χ0) is 8.69. The lowest BCUT2D eigenvalue weighted by Crippen LogP contribution is -2.13. The van der Waals surface area contributed by atoms with Crippen LogP contribution in [0.5, 0.6) is 0 Å². The minimum Gasteiger partial charge on any atom is -0.366 e. The summed E-state index contributed by atoms with van der Waals surface area (Å²) >= 11 is 0. The van der Waals surface area contributed by atoms with Crippen molar-refractivity contribution in [3.63, 3.8) is 0 Å². The first-order chi connectivity index (χ1) is 5.22. The van der Waals surface area contributed by atoms with Crippen LogP contribution in [0.2, 0.25) is 0 Å². The summed E-state index contributed by atoms with van der Waals surface area (Å²) in [6.07, 6.45) is 5.78. The molecule has 0 aliphatic rings. The molecular formula is C9H17NO. The van der Waals surface area contributed by atoms with Gasteiger partial charge in [-0.2, -0.15) is 0 Å². The molecule has 0 aromatic heterocycles. The molecule has 0 spiro atoms. The van der Waals surface area contributed by atoms with Crippen molar-refractivity contribution in [2.24, 2.45) is 5.73 Å². The summed E-state index contributed by atoms with van der Waals surface area (Å²) in [6.45, 7) is 4.13. The molecule has 0 bridgehead atoms. The molecule has 0 aromatic carbocycles. The van der Waals surface area contributed by atoms with Crippen LogP contribution in [0.4, 0.5) is 0 Å². The summed E-state index contributed by atoms with van der Waals surface area (Å²) in [4.78, 5) is 10.7. The largest absolute Gasteiger partial charge is 0.366 e. The van der Waals surface area contributed by atoms with E-state index < -0.39 is 0 Å². The van der Waals surface area contributed by atoms with E-state index in [1.165, 1.54) is 0 Å². The number of allylic oxidation sites excluding steroid dienone is 1. The van der Waals surface area contributed by atoms with Gasteiger partial charge in [-0.15, -0.1) is 0 Å². The quantitative estimate of drug-likeness (QED) is 0.606. The molecule has 0 saturated heterocycles. The predicted octanol–water partition coefficient (Wildman–Crippen LogP) is 2.00. The summed E-state index contributed by atoms with van der Waals surface area (Å²) in [5.74, 6) is -0.264. The molecule has 2 heteroatoms. The second kappa shape index (κ2) is 5.96. The SMILES string of the molecule is CCCC=C(CCC)C(N)=O. The minimum atomic E-state index is -0.264. The van der Waals surface area contributed by atoms with E-state index in [-0.39, 0.29) is 5.91 Å². The molecule has 0 atom stereocenters. The highest BCUT2D eigenvalue weighted by Gasteiger charge is 2.01. The summed E-state index contributed by atoms with van der Waals surface area (Å²) in [5.41, 5.74) is 5.94. The molecule has 1 amide bonds. The van der Waals surface area contributed by atoms with Crippen LogP contribution in [0.15, 0.2) is 11.6 Å². The highest BCUT2D eigenvalue weighted by Crippen LogP contribution is 2.05. The minimum absolute atomic E-state index is 0.264. The van der Waals surface area contributed by atoms with Crippen molar-refractivity contribution in [3.05, 3.63) is 11.6 Å². The molecule has 0 fully saturated rings. The number of nitrogens with two attached hydrogens (primary N) is 1. The van der Waals surface area contributed by atoms with Gasteiger partial charge in [0.05, 0.1) is 0 Å². The second-order valence-corrected chi connectivity index (χ2v) is 2.63.